The summed E-state index contributed by atoms with van der Waals surface area (Å²) in [4.78, 5) is 13.7. The minimum atomic E-state index is -0.327. The molecule has 1 atom stereocenters. The highest BCUT2D eigenvalue weighted by molar-refractivity contribution is 7.12. The number of ether oxygens (including phenoxy) is 1. The van der Waals surface area contributed by atoms with Gasteiger partial charge in [0, 0.05) is 17.9 Å². The first-order valence-electron chi connectivity index (χ1n) is 7.83. The Balaban J connectivity index is 2.02. The van der Waals surface area contributed by atoms with Crippen molar-refractivity contribution in [2.24, 2.45) is 11.0 Å². The van der Waals surface area contributed by atoms with Gasteiger partial charge in [0.05, 0.1) is 23.7 Å². The van der Waals surface area contributed by atoms with E-state index >= 15 is 0 Å². The summed E-state index contributed by atoms with van der Waals surface area (Å²) >= 11 is 1.60. The lowest BCUT2D eigenvalue weighted by molar-refractivity contribution is -0.136. The smallest absolute Gasteiger partial charge is 0.245 e. The third-order valence-electron chi connectivity index (χ3n) is 4.04. The monoisotopic (exact) mass is 344 g/mol. The van der Waals surface area contributed by atoms with E-state index in [1.807, 2.05) is 43.5 Å². The standard InChI is InChI=1S/C18H20N2O3S/c1-11(2)18(22)20-14(10-13(19-20)16-8-5-9-24-16)12-6-4-7-15(23-3)17(12)21/h4-9,11,14,21H,10H2,1-3H3. The number of carbonyl (C=O) groups excluding carboxylic acids is 1. The molecule has 1 unspecified atom stereocenters. The summed E-state index contributed by atoms with van der Waals surface area (Å²) in [6.45, 7) is 3.70. The molecule has 1 N–H and O–H groups in total. The van der Waals surface area contributed by atoms with Crippen molar-refractivity contribution in [3.8, 4) is 11.5 Å². The molecule has 0 bridgehead atoms. The number of amides is 1. The molecule has 1 aromatic carbocycles. The Hall–Kier alpha value is -2.34. The molecule has 0 aliphatic carbocycles. The van der Waals surface area contributed by atoms with Gasteiger partial charge in [0.1, 0.15) is 0 Å². The molecular formula is C18H20N2O3S. The maximum absolute atomic E-state index is 12.6. The first-order valence-corrected chi connectivity index (χ1v) is 8.71. The summed E-state index contributed by atoms with van der Waals surface area (Å²) in [5, 5.41) is 18.6. The second-order valence-corrected chi connectivity index (χ2v) is 6.93. The topological polar surface area (TPSA) is 62.1 Å². The zero-order chi connectivity index (χ0) is 17.3. The van der Waals surface area contributed by atoms with E-state index < -0.39 is 0 Å². The number of rotatable bonds is 4. The van der Waals surface area contributed by atoms with Crippen LogP contribution in [0.4, 0.5) is 0 Å². The molecule has 1 aliphatic heterocycles. The highest BCUT2D eigenvalue weighted by atomic mass is 32.1. The van der Waals surface area contributed by atoms with Crippen molar-refractivity contribution in [1.29, 1.82) is 0 Å². The Bertz CT molecular complexity index is 769. The maximum atomic E-state index is 12.6. The van der Waals surface area contributed by atoms with Crippen LogP contribution in [0.25, 0.3) is 0 Å². The molecule has 0 saturated heterocycles. The molecule has 3 rings (SSSR count). The van der Waals surface area contributed by atoms with Gasteiger partial charge in [-0.2, -0.15) is 5.10 Å². The average Bonchev–Trinajstić information content (AvgIpc) is 3.23. The van der Waals surface area contributed by atoms with Crippen LogP contribution in [0.15, 0.2) is 40.8 Å². The number of phenols is 1. The van der Waals surface area contributed by atoms with Gasteiger partial charge >= 0.3 is 0 Å². The van der Waals surface area contributed by atoms with Gasteiger partial charge in [-0.05, 0) is 17.5 Å². The largest absolute Gasteiger partial charge is 0.504 e. The lowest BCUT2D eigenvalue weighted by Crippen LogP contribution is -2.30. The number of hydrogen-bond donors (Lipinski definition) is 1. The van der Waals surface area contributed by atoms with Gasteiger partial charge in [-0.15, -0.1) is 11.3 Å². The molecule has 24 heavy (non-hydrogen) atoms. The molecule has 5 nitrogen and oxygen atoms in total. The number of benzene rings is 1. The van der Waals surface area contributed by atoms with Gasteiger partial charge in [-0.3, -0.25) is 4.79 Å². The van der Waals surface area contributed by atoms with Gasteiger partial charge in [0.2, 0.25) is 5.91 Å². The quantitative estimate of drug-likeness (QED) is 0.918. The molecule has 2 heterocycles. The molecule has 1 aromatic heterocycles. The SMILES string of the molecule is COc1cccc(C2CC(c3cccs3)=NN2C(=O)C(C)C)c1O. The second-order valence-electron chi connectivity index (χ2n) is 5.98. The van der Waals surface area contributed by atoms with E-state index in [0.717, 1.165) is 10.6 Å². The Morgan fingerprint density at radius 1 is 1.38 bits per heavy atom. The Labute approximate surface area is 145 Å². The zero-order valence-electron chi connectivity index (χ0n) is 13.9. The number of para-hydroxylation sites is 1. The summed E-state index contributed by atoms with van der Waals surface area (Å²) in [6, 6.07) is 8.96. The van der Waals surface area contributed by atoms with Crippen LogP contribution in [0.2, 0.25) is 0 Å². The van der Waals surface area contributed by atoms with E-state index in [1.165, 1.54) is 12.1 Å². The van der Waals surface area contributed by atoms with Crippen LogP contribution in [0.3, 0.4) is 0 Å². The molecule has 0 radical (unpaired) electrons. The van der Waals surface area contributed by atoms with Crippen LogP contribution in [-0.4, -0.2) is 28.8 Å². The number of nitrogens with zero attached hydrogens (tertiary/aromatic N) is 2. The van der Waals surface area contributed by atoms with Gasteiger partial charge in [-0.1, -0.05) is 32.0 Å². The number of carbonyl (C=O) groups is 1. The van der Waals surface area contributed by atoms with Crippen molar-refractivity contribution in [3.05, 3.63) is 46.2 Å². The minimum absolute atomic E-state index is 0.0613. The van der Waals surface area contributed by atoms with Crippen molar-refractivity contribution >= 4 is 23.0 Å². The molecular weight excluding hydrogens is 324 g/mol. The number of hydrazone groups is 1. The summed E-state index contributed by atoms with van der Waals surface area (Å²) < 4.78 is 5.20. The highest BCUT2D eigenvalue weighted by Crippen LogP contribution is 2.41. The van der Waals surface area contributed by atoms with E-state index in [4.69, 9.17) is 4.74 Å². The number of phenolic OH excluding ortho intramolecular Hbond substituents is 1. The van der Waals surface area contributed by atoms with Crippen molar-refractivity contribution in [2.45, 2.75) is 26.3 Å². The minimum Gasteiger partial charge on any atom is -0.504 e. The summed E-state index contributed by atoms with van der Waals surface area (Å²) in [5.74, 6) is 0.226. The number of thiophene rings is 1. The first-order chi connectivity index (χ1) is 11.5. The predicted molar refractivity (Wildman–Crippen MR) is 94.6 cm³/mol. The van der Waals surface area contributed by atoms with Crippen LogP contribution >= 0.6 is 11.3 Å². The van der Waals surface area contributed by atoms with Crippen molar-refractivity contribution in [3.63, 3.8) is 0 Å². The molecule has 2 aromatic rings. The zero-order valence-corrected chi connectivity index (χ0v) is 14.7. The second kappa shape index (κ2) is 6.65. The van der Waals surface area contributed by atoms with Crippen LogP contribution < -0.4 is 4.74 Å². The first kappa shape index (κ1) is 16.5. The maximum Gasteiger partial charge on any atom is 0.245 e. The number of aromatic hydroxyl groups is 1. The van der Waals surface area contributed by atoms with Crippen LogP contribution in [-0.2, 0) is 4.79 Å². The highest BCUT2D eigenvalue weighted by Gasteiger charge is 2.36. The average molecular weight is 344 g/mol. The van der Waals surface area contributed by atoms with E-state index in [9.17, 15) is 9.90 Å². The third kappa shape index (κ3) is 2.89. The van der Waals surface area contributed by atoms with Crippen LogP contribution in [0.1, 0.15) is 36.8 Å². The molecule has 0 saturated carbocycles. The summed E-state index contributed by atoms with van der Waals surface area (Å²) in [5.41, 5.74) is 1.52. The molecule has 6 heteroatoms. The summed E-state index contributed by atoms with van der Waals surface area (Å²) in [6.07, 6.45) is 0.569. The molecule has 1 amide bonds. The third-order valence-corrected chi connectivity index (χ3v) is 4.96. The predicted octanol–water partition coefficient (Wildman–Crippen LogP) is 3.80. The fourth-order valence-corrected chi connectivity index (χ4v) is 3.51. The van der Waals surface area contributed by atoms with Crippen molar-refractivity contribution in [1.82, 2.24) is 5.01 Å². The van der Waals surface area contributed by atoms with E-state index in [0.29, 0.717) is 17.7 Å². The Kier molecular flexibility index (Phi) is 4.57. The molecule has 0 fully saturated rings. The molecule has 1 aliphatic rings. The van der Waals surface area contributed by atoms with Crippen molar-refractivity contribution < 1.29 is 14.6 Å². The normalized spacial score (nSPS) is 17.2. The lowest BCUT2D eigenvalue weighted by Gasteiger charge is -2.24. The van der Waals surface area contributed by atoms with E-state index in [2.05, 4.69) is 5.10 Å². The van der Waals surface area contributed by atoms with Gasteiger partial charge in [0.25, 0.3) is 0 Å². The fourth-order valence-electron chi connectivity index (χ4n) is 2.78. The van der Waals surface area contributed by atoms with Gasteiger partial charge in [0.15, 0.2) is 11.5 Å². The number of hydrogen-bond acceptors (Lipinski definition) is 5. The lowest BCUT2D eigenvalue weighted by atomic mass is 9.99. The van der Waals surface area contributed by atoms with Crippen LogP contribution in [0, 0.1) is 5.92 Å². The summed E-state index contributed by atoms with van der Waals surface area (Å²) in [7, 11) is 1.51. The fraction of sp³-hybridized carbons (Fsp3) is 0.333. The molecule has 0 spiro atoms. The van der Waals surface area contributed by atoms with Gasteiger partial charge in [-0.25, -0.2) is 5.01 Å². The van der Waals surface area contributed by atoms with E-state index in [-0.39, 0.29) is 23.6 Å². The molecule has 126 valence electrons. The Morgan fingerprint density at radius 2 is 2.17 bits per heavy atom. The van der Waals surface area contributed by atoms with E-state index in [1.54, 1.807) is 17.4 Å². The van der Waals surface area contributed by atoms with Crippen LogP contribution in [0.5, 0.6) is 11.5 Å². The number of methoxy groups -OCH3 is 1. The van der Waals surface area contributed by atoms with Crippen molar-refractivity contribution in [2.75, 3.05) is 7.11 Å². The Morgan fingerprint density at radius 3 is 2.79 bits per heavy atom. The van der Waals surface area contributed by atoms with Gasteiger partial charge < -0.3 is 9.84 Å².